The van der Waals surface area contributed by atoms with Crippen molar-refractivity contribution in [3.05, 3.63) is 24.0 Å². The third kappa shape index (κ3) is 2.62. The zero-order valence-electron chi connectivity index (χ0n) is 8.12. The van der Waals surface area contributed by atoms with Crippen LogP contribution in [0.3, 0.4) is 0 Å². The third-order valence-corrected chi connectivity index (χ3v) is 2.46. The maximum Gasteiger partial charge on any atom is 0.387 e. The number of aromatic nitrogens is 1. The van der Waals surface area contributed by atoms with Crippen molar-refractivity contribution in [2.75, 3.05) is 13.1 Å². The fourth-order valence-electron chi connectivity index (χ4n) is 1.71. The lowest BCUT2D eigenvalue weighted by atomic mass is 10.0. The van der Waals surface area contributed by atoms with E-state index in [0.29, 0.717) is 5.92 Å². The first-order valence-electron chi connectivity index (χ1n) is 4.87. The van der Waals surface area contributed by atoms with Gasteiger partial charge in [0.15, 0.2) is 0 Å². The molecule has 1 aliphatic rings. The Bertz CT molecular complexity index is 310. The van der Waals surface area contributed by atoms with Gasteiger partial charge in [-0.05, 0) is 25.1 Å². The number of nitrogens with zero attached hydrogens (tertiary/aromatic N) is 1. The fraction of sp³-hybridized carbons (Fsp3) is 0.500. The maximum atomic E-state index is 11.9. The molecular formula is C10H12F2N2O. The molecule has 2 heterocycles. The van der Waals surface area contributed by atoms with Gasteiger partial charge in [-0.2, -0.15) is 8.78 Å². The molecule has 0 spiro atoms. The second-order valence-electron chi connectivity index (χ2n) is 3.49. The first-order chi connectivity index (χ1) is 7.25. The van der Waals surface area contributed by atoms with Crippen LogP contribution in [-0.4, -0.2) is 24.7 Å². The minimum Gasteiger partial charge on any atom is -0.433 e. The van der Waals surface area contributed by atoms with Crippen LogP contribution in [-0.2, 0) is 0 Å². The van der Waals surface area contributed by atoms with E-state index in [2.05, 4.69) is 15.0 Å². The van der Waals surface area contributed by atoms with E-state index in [1.54, 1.807) is 6.07 Å². The number of ether oxygens (including phenoxy) is 1. The van der Waals surface area contributed by atoms with Gasteiger partial charge in [0.1, 0.15) is 5.75 Å². The Kier molecular flexibility index (Phi) is 3.11. The number of hydrogen-bond acceptors (Lipinski definition) is 3. The van der Waals surface area contributed by atoms with E-state index in [4.69, 9.17) is 0 Å². The SMILES string of the molecule is FC(F)Oc1ccc([C@H]2CCNC2)nc1. The Morgan fingerprint density at radius 1 is 1.47 bits per heavy atom. The number of halogens is 2. The zero-order valence-corrected chi connectivity index (χ0v) is 8.12. The molecule has 1 fully saturated rings. The molecular weight excluding hydrogens is 202 g/mol. The number of hydrogen-bond donors (Lipinski definition) is 1. The first kappa shape index (κ1) is 10.3. The van der Waals surface area contributed by atoms with Crippen LogP contribution in [0.4, 0.5) is 8.78 Å². The summed E-state index contributed by atoms with van der Waals surface area (Å²) in [6, 6.07) is 3.28. The second-order valence-corrected chi connectivity index (χ2v) is 3.49. The summed E-state index contributed by atoms with van der Waals surface area (Å²) in [7, 11) is 0. The van der Waals surface area contributed by atoms with E-state index in [0.717, 1.165) is 25.2 Å². The van der Waals surface area contributed by atoms with Crippen molar-refractivity contribution in [3.63, 3.8) is 0 Å². The summed E-state index contributed by atoms with van der Waals surface area (Å²) < 4.78 is 27.9. The van der Waals surface area contributed by atoms with Gasteiger partial charge >= 0.3 is 6.61 Å². The quantitative estimate of drug-likeness (QED) is 0.832. The largest absolute Gasteiger partial charge is 0.433 e. The van der Waals surface area contributed by atoms with E-state index in [1.807, 2.05) is 0 Å². The number of nitrogens with one attached hydrogen (secondary N) is 1. The van der Waals surface area contributed by atoms with Crippen LogP contribution >= 0.6 is 0 Å². The minimum absolute atomic E-state index is 0.111. The van der Waals surface area contributed by atoms with E-state index < -0.39 is 6.61 Å². The van der Waals surface area contributed by atoms with Crippen molar-refractivity contribution in [1.29, 1.82) is 0 Å². The molecule has 0 saturated carbocycles. The molecule has 0 unspecified atom stereocenters. The van der Waals surface area contributed by atoms with Gasteiger partial charge in [0, 0.05) is 18.2 Å². The molecule has 1 aromatic heterocycles. The summed E-state index contributed by atoms with van der Waals surface area (Å²) in [6.45, 7) is -0.894. The van der Waals surface area contributed by atoms with Crippen molar-refractivity contribution < 1.29 is 13.5 Å². The number of alkyl halides is 2. The maximum absolute atomic E-state index is 11.9. The van der Waals surface area contributed by atoms with Crippen LogP contribution in [0.25, 0.3) is 0 Å². The Morgan fingerprint density at radius 3 is 2.87 bits per heavy atom. The molecule has 1 atom stereocenters. The highest BCUT2D eigenvalue weighted by Gasteiger charge is 2.17. The van der Waals surface area contributed by atoms with E-state index in [1.165, 1.54) is 12.3 Å². The van der Waals surface area contributed by atoms with Crippen LogP contribution in [0.5, 0.6) is 5.75 Å². The molecule has 0 radical (unpaired) electrons. The second kappa shape index (κ2) is 4.53. The Hall–Kier alpha value is -1.23. The molecule has 0 aromatic carbocycles. The fourth-order valence-corrected chi connectivity index (χ4v) is 1.71. The molecule has 1 aromatic rings. The van der Waals surface area contributed by atoms with Crippen molar-refractivity contribution in [1.82, 2.24) is 10.3 Å². The van der Waals surface area contributed by atoms with Crippen molar-refractivity contribution in [2.45, 2.75) is 19.0 Å². The molecule has 82 valence electrons. The van der Waals surface area contributed by atoms with Gasteiger partial charge in [0.2, 0.25) is 0 Å². The van der Waals surface area contributed by atoms with Crippen LogP contribution in [0.15, 0.2) is 18.3 Å². The summed E-state index contributed by atoms with van der Waals surface area (Å²) in [4.78, 5) is 4.12. The molecule has 2 rings (SSSR count). The molecule has 0 bridgehead atoms. The van der Waals surface area contributed by atoms with Gasteiger partial charge in [-0.15, -0.1) is 0 Å². The number of pyridine rings is 1. The van der Waals surface area contributed by atoms with Gasteiger partial charge < -0.3 is 10.1 Å². The van der Waals surface area contributed by atoms with Crippen LogP contribution < -0.4 is 10.1 Å². The summed E-state index contributed by atoms with van der Waals surface area (Å²) >= 11 is 0. The van der Waals surface area contributed by atoms with Crippen LogP contribution in [0, 0.1) is 0 Å². The first-order valence-corrected chi connectivity index (χ1v) is 4.87. The molecule has 0 aliphatic carbocycles. The minimum atomic E-state index is -2.79. The van der Waals surface area contributed by atoms with Crippen LogP contribution in [0.2, 0.25) is 0 Å². The predicted octanol–water partition coefficient (Wildman–Crippen LogP) is 1.76. The lowest BCUT2D eigenvalue weighted by Crippen LogP contribution is -2.09. The summed E-state index contributed by atoms with van der Waals surface area (Å²) in [5, 5.41) is 3.23. The van der Waals surface area contributed by atoms with Gasteiger partial charge in [0.25, 0.3) is 0 Å². The van der Waals surface area contributed by atoms with Gasteiger partial charge in [-0.25, -0.2) is 0 Å². The lowest BCUT2D eigenvalue weighted by molar-refractivity contribution is -0.0500. The third-order valence-electron chi connectivity index (χ3n) is 2.46. The Balaban J connectivity index is 2.03. The summed E-state index contributed by atoms with van der Waals surface area (Å²) in [5.74, 6) is 0.505. The monoisotopic (exact) mass is 214 g/mol. The summed E-state index contributed by atoms with van der Waals surface area (Å²) in [5.41, 5.74) is 0.932. The highest BCUT2D eigenvalue weighted by atomic mass is 19.3. The van der Waals surface area contributed by atoms with Crippen molar-refractivity contribution >= 4 is 0 Å². The average molecular weight is 214 g/mol. The average Bonchev–Trinajstić information content (AvgIpc) is 2.71. The van der Waals surface area contributed by atoms with Crippen molar-refractivity contribution in [3.8, 4) is 5.75 Å². The predicted molar refractivity (Wildman–Crippen MR) is 51.1 cm³/mol. The van der Waals surface area contributed by atoms with E-state index in [9.17, 15) is 8.78 Å². The molecule has 3 nitrogen and oxygen atoms in total. The van der Waals surface area contributed by atoms with Gasteiger partial charge in [-0.1, -0.05) is 0 Å². The smallest absolute Gasteiger partial charge is 0.387 e. The zero-order chi connectivity index (χ0) is 10.7. The highest BCUT2D eigenvalue weighted by Crippen LogP contribution is 2.22. The highest BCUT2D eigenvalue weighted by molar-refractivity contribution is 5.22. The van der Waals surface area contributed by atoms with Crippen LogP contribution in [0.1, 0.15) is 18.0 Å². The molecule has 5 heteroatoms. The summed E-state index contributed by atoms with van der Waals surface area (Å²) in [6.07, 6.45) is 2.39. The van der Waals surface area contributed by atoms with Crippen molar-refractivity contribution in [2.24, 2.45) is 0 Å². The molecule has 0 amide bonds. The normalized spacial score (nSPS) is 20.9. The molecule has 1 aliphatic heterocycles. The molecule has 1 N–H and O–H groups in total. The lowest BCUT2D eigenvalue weighted by Gasteiger charge is -2.08. The van der Waals surface area contributed by atoms with Gasteiger partial charge in [0.05, 0.1) is 6.20 Å². The van der Waals surface area contributed by atoms with Gasteiger partial charge in [-0.3, -0.25) is 4.98 Å². The number of rotatable bonds is 3. The van der Waals surface area contributed by atoms with E-state index >= 15 is 0 Å². The Labute approximate surface area is 86.5 Å². The molecule has 15 heavy (non-hydrogen) atoms. The standard InChI is InChI=1S/C10H12F2N2O/c11-10(12)15-8-1-2-9(14-6-8)7-3-4-13-5-7/h1-2,6-7,10,13H,3-5H2/t7-/m0/s1. The molecule has 1 saturated heterocycles. The topological polar surface area (TPSA) is 34.1 Å². The van der Waals surface area contributed by atoms with E-state index in [-0.39, 0.29) is 5.75 Å². The Morgan fingerprint density at radius 2 is 2.33 bits per heavy atom.